The summed E-state index contributed by atoms with van der Waals surface area (Å²) in [7, 11) is 0. The van der Waals surface area contributed by atoms with E-state index in [-0.39, 0.29) is 29.6 Å². The summed E-state index contributed by atoms with van der Waals surface area (Å²) in [5, 5.41) is 19.4. The molecule has 0 radical (unpaired) electrons. The second kappa shape index (κ2) is 6.64. The third-order valence-corrected chi connectivity index (χ3v) is 3.46. The summed E-state index contributed by atoms with van der Waals surface area (Å²) >= 11 is 5.83. The lowest BCUT2D eigenvalue weighted by Gasteiger charge is -2.04. The van der Waals surface area contributed by atoms with E-state index in [0.29, 0.717) is 10.8 Å². The van der Waals surface area contributed by atoms with Gasteiger partial charge in [0.1, 0.15) is 17.1 Å². The number of esters is 1. The predicted octanol–water partition coefficient (Wildman–Crippen LogP) is 3.76. The Morgan fingerprint density at radius 2 is 1.92 bits per heavy atom. The molecular formula is C17H12ClNO5. The van der Waals surface area contributed by atoms with Crippen LogP contribution in [0.3, 0.4) is 0 Å². The van der Waals surface area contributed by atoms with Crippen LogP contribution in [0.4, 0.5) is 0 Å². The molecule has 0 aliphatic rings. The zero-order chi connectivity index (χ0) is 17.1. The Kier molecular flexibility index (Phi) is 4.39. The van der Waals surface area contributed by atoms with Crippen LogP contribution in [0.25, 0.3) is 11.3 Å². The van der Waals surface area contributed by atoms with Gasteiger partial charge in [-0.1, -0.05) is 11.6 Å². The fourth-order valence-corrected chi connectivity index (χ4v) is 2.15. The zero-order valence-corrected chi connectivity index (χ0v) is 13.0. The van der Waals surface area contributed by atoms with E-state index in [1.165, 1.54) is 18.3 Å². The van der Waals surface area contributed by atoms with Crippen molar-refractivity contribution in [3.8, 4) is 22.8 Å². The van der Waals surface area contributed by atoms with Crippen molar-refractivity contribution in [3.05, 3.63) is 65.1 Å². The van der Waals surface area contributed by atoms with Crippen molar-refractivity contribution < 1.29 is 24.2 Å². The Labute approximate surface area is 141 Å². The Morgan fingerprint density at radius 1 is 1.17 bits per heavy atom. The molecule has 2 aromatic carbocycles. The standard InChI is InChI=1S/C17H12ClNO5/c18-11-3-1-10(2-4-11)15-8-19-16(24-15)9-23-17(22)13-6-5-12(20)7-14(13)21/h1-8,20-21H,9H2. The van der Waals surface area contributed by atoms with E-state index in [1.807, 2.05) is 0 Å². The largest absolute Gasteiger partial charge is 0.508 e. The maximum absolute atomic E-state index is 11.9. The highest BCUT2D eigenvalue weighted by Crippen LogP contribution is 2.25. The fourth-order valence-electron chi connectivity index (χ4n) is 2.02. The molecule has 0 aliphatic carbocycles. The lowest BCUT2D eigenvalue weighted by Crippen LogP contribution is -2.05. The molecule has 0 atom stereocenters. The smallest absolute Gasteiger partial charge is 0.342 e. The van der Waals surface area contributed by atoms with Gasteiger partial charge in [0.05, 0.1) is 6.20 Å². The predicted molar refractivity (Wildman–Crippen MR) is 85.8 cm³/mol. The summed E-state index contributed by atoms with van der Waals surface area (Å²) < 4.78 is 10.6. The molecule has 3 rings (SSSR count). The van der Waals surface area contributed by atoms with Gasteiger partial charge in [-0.2, -0.15) is 0 Å². The van der Waals surface area contributed by atoms with Crippen LogP contribution in [0.2, 0.25) is 5.02 Å². The molecule has 24 heavy (non-hydrogen) atoms. The summed E-state index contributed by atoms with van der Waals surface area (Å²) in [6, 6.07) is 10.6. The summed E-state index contributed by atoms with van der Waals surface area (Å²) in [5.74, 6) is -0.533. The minimum atomic E-state index is -0.751. The minimum Gasteiger partial charge on any atom is -0.508 e. The number of ether oxygens (including phenoxy) is 1. The molecule has 7 heteroatoms. The molecule has 1 aromatic heterocycles. The van der Waals surface area contributed by atoms with Crippen LogP contribution < -0.4 is 0 Å². The maximum atomic E-state index is 11.9. The second-order valence-electron chi connectivity index (χ2n) is 4.90. The molecule has 3 aromatic rings. The Bertz CT molecular complexity index is 873. The molecule has 0 fully saturated rings. The maximum Gasteiger partial charge on any atom is 0.342 e. The van der Waals surface area contributed by atoms with Gasteiger partial charge in [0, 0.05) is 16.7 Å². The monoisotopic (exact) mass is 345 g/mol. The number of nitrogens with zero attached hydrogens (tertiary/aromatic N) is 1. The van der Waals surface area contributed by atoms with Crippen LogP contribution in [0.15, 0.2) is 53.1 Å². The first-order valence-corrected chi connectivity index (χ1v) is 7.30. The zero-order valence-electron chi connectivity index (χ0n) is 12.3. The molecule has 6 nitrogen and oxygen atoms in total. The van der Waals surface area contributed by atoms with Crippen LogP contribution in [0, 0.1) is 0 Å². The second-order valence-corrected chi connectivity index (χ2v) is 5.34. The SMILES string of the molecule is O=C(OCc1ncc(-c2ccc(Cl)cc2)o1)c1ccc(O)cc1O. The number of rotatable bonds is 4. The summed E-state index contributed by atoms with van der Waals surface area (Å²) in [6.07, 6.45) is 1.52. The van der Waals surface area contributed by atoms with Gasteiger partial charge in [0.15, 0.2) is 12.4 Å². The third kappa shape index (κ3) is 3.49. The van der Waals surface area contributed by atoms with E-state index in [4.69, 9.17) is 20.8 Å². The van der Waals surface area contributed by atoms with Crippen molar-refractivity contribution in [2.45, 2.75) is 6.61 Å². The van der Waals surface area contributed by atoms with Gasteiger partial charge in [-0.15, -0.1) is 0 Å². The first-order valence-electron chi connectivity index (χ1n) is 6.92. The Balaban J connectivity index is 1.67. The van der Waals surface area contributed by atoms with Gasteiger partial charge in [-0.3, -0.25) is 0 Å². The number of hydrogen-bond acceptors (Lipinski definition) is 6. The lowest BCUT2D eigenvalue weighted by molar-refractivity contribution is 0.0435. The van der Waals surface area contributed by atoms with E-state index in [2.05, 4.69) is 4.98 Å². The average Bonchev–Trinajstić information content (AvgIpc) is 3.02. The van der Waals surface area contributed by atoms with Crippen molar-refractivity contribution in [1.82, 2.24) is 4.98 Å². The number of aromatic hydroxyl groups is 2. The summed E-state index contributed by atoms with van der Waals surface area (Å²) in [4.78, 5) is 16.0. The highest BCUT2D eigenvalue weighted by molar-refractivity contribution is 6.30. The van der Waals surface area contributed by atoms with Crippen LogP contribution in [-0.2, 0) is 11.3 Å². The van der Waals surface area contributed by atoms with Gasteiger partial charge in [-0.05, 0) is 36.4 Å². The molecule has 1 heterocycles. The van der Waals surface area contributed by atoms with Crippen LogP contribution >= 0.6 is 11.6 Å². The summed E-state index contributed by atoms with van der Waals surface area (Å²) in [5.41, 5.74) is 0.734. The van der Waals surface area contributed by atoms with Gasteiger partial charge in [-0.25, -0.2) is 9.78 Å². The number of halogens is 1. The van der Waals surface area contributed by atoms with Crippen LogP contribution in [0.5, 0.6) is 11.5 Å². The molecule has 0 saturated carbocycles. The van der Waals surface area contributed by atoms with E-state index < -0.39 is 5.97 Å². The highest BCUT2D eigenvalue weighted by Gasteiger charge is 2.15. The number of oxazole rings is 1. The molecule has 0 unspecified atom stereocenters. The number of aromatic nitrogens is 1. The van der Waals surface area contributed by atoms with Crippen molar-refractivity contribution >= 4 is 17.6 Å². The number of carbonyl (C=O) groups excluding carboxylic acids is 1. The number of benzene rings is 2. The fraction of sp³-hybridized carbons (Fsp3) is 0.0588. The van der Waals surface area contributed by atoms with E-state index in [9.17, 15) is 15.0 Å². The van der Waals surface area contributed by atoms with Crippen molar-refractivity contribution in [3.63, 3.8) is 0 Å². The van der Waals surface area contributed by atoms with Crippen molar-refractivity contribution in [1.29, 1.82) is 0 Å². The Hall–Kier alpha value is -2.99. The minimum absolute atomic E-state index is 0.0581. The van der Waals surface area contributed by atoms with Crippen molar-refractivity contribution in [2.75, 3.05) is 0 Å². The van der Waals surface area contributed by atoms with E-state index in [0.717, 1.165) is 11.6 Å². The number of phenolic OH excluding ortho intramolecular Hbond substituents is 2. The molecule has 0 spiro atoms. The van der Waals surface area contributed by atoms with E-state index in [1.54, 1.807) is 24.3 Å². The Morgan fingerprint density at radius 3 is 2.62 bits per heavy atom. The first kappa shape index (κ1) is 15.9. The van der Waals surface area contributed by atoms with Gasteiger partial charge >= 0.3 is 5.97 Å². The molecule has 0 aliphatic heterocycles. The number of phenols is 2. The molecule has 0 bridgehead atoms. The molecular weight excluding hydrogens is 334 g/mol. The van der Waals surface area contributed by atoms with Crippen molar-refractivity contribution in [2.24, 2.45) is 0 Å². The van der Waals surface area contributed by atoms with Gasteiger partial charge in [0.2, 0.25) is 5.89 Å². The lowest BCUT2D eigenvalue weighted by atomic mass is 10.2. The average molecular weight is 346 g/mol. The van der Waals surface area contributed by atoms with E-state index >= 15 is 0 Å². The van der Waals surface area contributed by atoms with Crippen LogP contribution in [-0.4, -0.2) is 21.2 Å². The highest BCUT2D eigenvalue weighted by atomic mass is 35.5. The molecule has 122 valence electrons. The third-order valence-electron chi connectivity index (χ3n) is 3.21. The number of carbonyl (C=O) groups is 1. The topological polar surface area (TPSA) is 92.8 Å². The molecule has 0 amide bonds. The van der Waals surface area contributed by atoms with Gasteiger partial charge < -0.3 is 19.4 Å². The quantitative estimate of drug-likeness (QED) is 0.699. The summed E-state index contributed by atoms with van der Waals surface area (Å²) in [6.45, 7) is -0.188. The number of hydrogen-bond donors (Lipinski definition) is 2. The first-order chi connectivity index (χ1) is 11.5. The van der Waals surface area contributed by atoms with Gasteiger partial charge in [0.25, 0.3) is 0 Å². The molecule has 2 N–H and O–H groups in total. The van der Waals surface area contributed by atoms with Crippen LogP contribution in [0.1, 0.15) is 16.2 Å². The normalized spacial score (nSPS) is 10.5. The molecule has 0 saturated heterocycles.